The Balaban J connectivity index is 2.39. The molecule has 0 aliphatic carbocycles. The second-order valence-electron chi connectivity index (χ2n) is 3.90. The summed E-state index contributed by atoms with van der Waals surface area (Å²) in [5.41, 5.74) is 2.29. The Morgan fingerprint density at radius 2 is 2.10 bits per heavy atom. The topological polar surface area (TPSA) is 40.8 Å². The highest BCUT2D eigenvalue weighted by Gasteiger charge is 2.34. The molecule has 0 saturated carbocycles. The molecular formula is C12H11ClF3N4+. The van der Waals surface area contributed by atoms with Gasteiger partial charge in [0.2, 0.25) is 6.20 Å². The van der Waals surface area contributed by atoms with Gasteiger partial charge in [-0.3, -0.25) is 0 Å². The first-order valence-corrected chi connectivity index (χ1v) is 5.97. The Morgan fingerprint density at radius 3 is 2.75 bits per heavy atom. The van der Waals surface area contributed by atoms with E-state index in [1.807, 2.05) is 0 Å². The fourth-order valence-electron chi connectivity index (χ4n) is 1.60. The summed E-state index contributed by atoms with van der Waals surface area (Å²) in [5, 5.41) is 2.67. The van der Waals surface area contributed by atoms with Crippen molar-refractivity contribution in [2.45, 2.75) is 6.18 Å². The first kappa shape index (κ1) is 14.4. The zero-order valence-corrected chi connectivity index (χ0v) is 11.1. The van der Waals surface area contributed by atoms with Crippen molar-refractivity contribution in [2.24, 2.45) is 0 Å². The molecule has 0 aliphatic heterocycles. The fraction of sp³-hybridized carbons (Fsp3) is 0.167. The summed E-state index contributed by atoms with van der Waals surface area (Å²) in [5.74, 6) is 0. The molecule has 0 spiro atoms. The van der Waals surface area contributed by atoms with Gasteiger partial charge in [-0.25, -0.2) is 4.98 Å². The van der Waals surface area contributed by atoms with Gasteiger partial charge in [0.15, 0.2) is 6.20 Å². The molecule has 0 bridgehead atoms. The van der Waals surface area contributed by atoms with Crippen molar-refractivity contribution in [1.29, 1.82) is 0 Å². The Kier molecular flexibility index (Phi) is 3.99. The fourth-order valence-corrected chi connectivity index (χ4v) is 1.76. The molecular weight excluding hydrogens is 293 g/mol. The van der Waals surface area contributed by atoms with E-state index in [9.17, 15) is 13.2 Å². The lowest BCUT2D eigenvalue weighted by molar-refractivity contribution is -0.646. The van der Waals surface area contributed by atoms with Crippen LogP contribution in [-0.4, -0.2) is 12.0 Å². The van der Waals surface area contributed by atoms with Crippen molar-refractivity contribution < 1.29 is 17.8 Å². The molecule has 20 heavy (non-hydrogen) atoms. The van der Waals surface area contributed by atoms with Crippen LogP contribution in [0.25, 0.3) is 0 Å². The molecule has 8 heteroatoms. The van der Waals surface area contributed by atoms with Gasteiger partial charge in [-0.1, -0.05) is 16.3 Å². The molecule has 0 unspecified atom stereocenters. The third-order valence-electron chi connectivity index (χ3n) is 2.51. The monoisotopic (exact) mass is 303 g/mol. The normalized spacial score (nSPS) is 11.2. The third-order valence-corrected chi connectivity index (χ3v) is 2.72. The maximum Gasteiger partial charge on any atom is 0.419 e. The van der Waals surface area contributed by atoms with E-state index in [-0.39, 0.29) is 10.8 Å². The van der Waals surface area contributed by atoms with E-state index < -0.39 is 11.7 Å². The number of nitrogens with one attached hydrogen (secondary N) is 2. The van der Waals surface area contributed by atoms with Crippen molar-refractivity contribution in [3.63, 3.8) is 0 Å². The van der Waals surface area contributed by atoms with Crippen molar-refractivity contribution in [3.8, 4) is 0 Å². The number of aromatic nitrogens is 2. The molecule has 2 aromatic rings. The maximum atomic E-state index is 12.9. The lowest BCUT2D eigenvalue weighted by Crippen LogP contribution is -2.41. The van der Waals surface area contributed by atoms with E-state index >= 15 is 0 Å². The van der Waals surface area contributed by atoms with Crippen LogP contribution >= 0.6 is 11.6 Å². The predicted molar refractivity (Wildman–Crippen MR) is 69.5 cm³/mol. The first-order valence-electron chi connectivity index (χ1n) is 5.59. The van der Waals surface area contributed by atoms with E-state index in [0.29, 0.717) is 11.9 Å². The van der Waals surface area contributed by atoms with Crippen LogP contribution in [-0.2, 0) is 6.18 Å². The number of hydrogen-bond donors (Lipinski definition) is 2. The molecule has 2 aromatic heterocycles. The molecule has 0 aromatic carbocycles. The number of halogens is 4. The van der Waals surface area contributed by atoms with Crippen LogP contribution in [0.15, 0.2) is 36.8 Å². The molecule has 0 atom stereocenters. The lowest BCUT2D eigenvalue weighted by Gasteiger charge is -2.13. The number of nitrogens with zero attached hydrogens (tertiary/aromatic N) is 2. The predicted octanol–water partition coefficient (Wildman–Crippen LogP) is 2.96. The van der Waals surface area contributed by atoms with Crippen LogP contribution in [0.5, 0.6) is 0 Å². The Labute approximate surface area is 118 Å². The molecule has 106 valence electrons. The summed E-state index contributed by atoms with van der Waals surface area (Å²) in [6.45, 7) is 0. The summed E-state index contributed by atoms with van der Waals surface area (Å²) >= 11 is 5.66. The third kappa shape index (κ3) is 3.30. The molecule has 0 fully saturated rings. The number of rotatable bonds is 3. The van der Waals surface area contributed by atoms with Gasteiger partial charge in [0, 0.05) is 12.3 Å². The molecule has 0 aliphatic rings. The molecule has 2 heterocycles. The van der Waals surface area contributed by atoms with Crippen molar-refractivity contribution in [2.75, 3.05) is 17.8 Å². The number of anilines is 2. The SMILES string of the molecule is CN[n+]1cccc(Nc2cc(Cl)ncc2C(F)(F)F)c1. The minimum Gasteiger partial charge on any atom is -0.350 e. The van der Waals surface area contributed by atoms with E-state index in [1.54, 1.807) is 36.3 Å². The Bertz CT molecular complexity index is 616. The molecule has 2 N–H and O–H groups in total. The van der Waals surface area contributed by atoms with Gasteiger partial charge in [0.1, 0.15) is 10.8 Å². The zero-order valence-electron chi connectivity index (χ0n) is 10.4. The summed E-state index contributed by atoms with van der Waals surface area (Å²) < 4.78 is 40.3. The van der Waals surface area contributed by atoms with Gasteiger partial charge in [0.05, 0.1) is 18.3 Å². The maximum absolute atomic E-state index is 12.9. The smallest absolute Gasteiger partial charge is 0.350 e. The molecule has 0 amide bonds. The summed E-state index contributed by atoms with van der Waals surface area (Å²) in [6, 6.07) is 4.47. The van der Waals surface area contributed by atoms with Crippen LogP contribution < -0.4 is 15.4 Å². The first-order chi connectivity index (χ1) is 9.40. The summed E-state index contributed by atoms with van der Waals surface area (Å²) in [6.07, 6.45) is -0.475. The van der Waals surface area contributed by atoms with Crippen molar-refractivity contribution in [3.05, 3.63) is 47.5 Å². The highest BCUT2D eigenvalue weighted by molar-refractivity contribution is 6.29. The number of pyridine rings is 2. The summed E-state index contributed by atoms with van der Waals surface area (Å²) in [4.78, 5) is 3.47. The average Bonchev–Trinajstić information content (AvgIpc) is 2.37. The highest BCUT2D eigenvalue weighted by atomic mass is 35.5. The van der Waals surface area contributed by atoms with Gasteiger partial charge in [-0.05, 0) is 12.1 Å². The minimum atomic E-state index is -4.51. The van der Waals surface area contributed by atoms with Crippen molar-refractivity contribution >= 4 is 23.0 Å². The molecule has 4 nitrogen and oxygen atoms in total. The highest BCUT2D eigenvalue weighted by Crippen LogP contribution is 2.36. The van der Waals surface area contributed by atoms with Crippen LogP contribution in [0.2, 0.25) is 5.15 Å². The van der Waals surface area contributed by atoms with Gasteiger partial charge in [0.25, 0.3) is 0 Å². The standard InChI is InChI=1S/C12H11ClF3N4/c1-17-20-4-2-3-8(7-20)19-10-5-11(13)18-6-9(10)12(14,15)16/h2-7,17H,1H3,(H,18,19)/q+1. The van der Waals surface area contributed by atoms with Gasteiger partial charge in [-0.2, -0.15) is 18.6 Å². The summed E-state index contributed by atoms with van der Waals surface area (Å²) in [7, 11) is 1.69. The van der Waals surface area contributed by atoms with Gasteiger partial charge in [-0.15, -0.1) is 0 Å². The number of hydrogen-bond acceptors (Lipinski definition) is 3. The minimum absolute atomic E-state index is 0.0158. The van der Waals surface area contributed by atoms with E-state index in [4.69, 9.17) is 11.6 Å². The van der Waals surface area contributed by atoms with Crippen LogP contribution in [0.1, 0.15) is 5.56 Å². The quantitative estimate of drug-likeness (QED) is 0.676. The van der Waals surface area contributed by atoms with Crippen LogP contribution in [0.4, 0.5) is 24.5 Å². The largest absolute Gasteiger partial charge is 0.419 e. The van der Waals surface area contributed by atoms with E-state index in [1.165, 1.54) is 0 Å². The van der Waals surface area contributed by atoms with Gasteiger partial charge >= 0.3 is 6.18 Å². The molecule has 0 radical (unpaired) electrons. The van der Waals surface area contributed by atoms with E-state index in [0.717, 1.165) is 6.07 Å². The molecule has 2 rings (SSSR count). The lowest BCUT2D eigenvalue weighted by atomic mass is 10.2. The Morgan fingerprint density at radius 1 is 1.35 bits per heavy atom. The Hall–Kier alpha value is -2.02. The van der Waals surface area contributed by atoms with Gasteiger partial charge < -0.3 is 5.32 Å². The van der Waals surface area contributed by atoms with Crippen molar-refractivity contribution in [1.82, 2.24) is 4.98 Å². The average molecular weight is 304 g/mol. The molecule has 0 saturated heterocycles. The van der Waals surface area contributed by atoms with E-state index in [2.05, 4.69) is 15.7 Å². The second-order valence-corrected chi connectivity index (χ2v) is 4.29. The van der Waals surface area contributed by atoms with Crippen LogP contribution in [0.3, 0.4) is 0 Å². The van der Waals surface area contributed by atoms with Crippen LogP contribution in [0, 0.1) is 0 Å². The zero-order chi connectivity index (χ0) is 14.8. The second kappa shape index (κ2) is 5.54. The number of alkyl halides is 3.